The van der Waals surface area contributed by atoms with Gasteiger partial charge in [-0.1, -0.05) is 0 Å². The number of carbonyl (C=O) groups is 1. The third kappa shape index (κ3) is 3.13. The lowest BCUT2D eigenvalue weighted by Crippen LogP contribution is -2.30. The van der Waals surface area contributed by atoms with Crippen LogP contribution >= 0.6 is 11.3 Å². The number of hydrogen-bond donors (Lipinski definition) is 1. The third-order valence-electron chi connectivity index (χ3n) is 3.50. The van der Waals surface area contributed by atoms with Crippen LogP contribution in [0.5, 0.6) is 0 Å². The van der Waals surface area contributed by atoms with Crippen molar-refractivity contribution in [3.8, 4) is 0 Å². The maximum Gasteiger partial charge on any atom is 0.265 e. The molecule has 0 aromatic carbocycles. The zero-order chi connectivity index (χ0) is 14.0. The van der Waals surface area contributed by atoms with Crippen LogP contribution in [0.15, 0.2) is 0 Å². The van der Waals surface area contributed by atoms with Crippen LogP contribution in [-0.4, -0.2) is 47.2 Å². The summed E-state index contributed by atoms with van der Waals surface area (Å²) in [4.78, 5) is 19.3. The molecule has 6 heteroatoms. The van der Waals surface area contributed by atoms with E-state index in [0.717, 1.165) is 17.1 Å². The summed E-state index contributed by atoms with van der Waals surface area (Å²) in [6.07, 6.45) is 0.510. The molecule has 0 radical (unpaired) electrons. The van der Waals surface area contributed by atoms with Crippen LogP contribution in [0.2, 0.25) is 0 Å². The summed E-state index contributed by atoms with van der Waals surface area (Å²) in [6.45, 7) is 5.42. The molecule has 2 unspecified atom stereocenters. The summed E-state index contributed by atoms with van der Waals surface area (Å²) >= 11 is 1.40. The van der Waals surface area contributed by atoms with E-state index in [0.29, 0.717) is 24.6 Å². The lowest BCUT2D eigenvalue weighted by molar-refractivity contribution is 0.0766. The second-order valence-corrected chi connectivity index (χ2v) is 6.08. The number of ether oxygens (including phenoxy) is 1. The Hall–Kier alpha value is -0.980. The number of thiazole rings is 1. The number of carbonyl (C=O) groups excluding carboxylic acids is 1. The number of methoxy groups -OCH3 is 1. The average molecular weight is 284 g/mol. The average Bonchev–Trinajstić information content (AvgIpc) is 2.96. The number of aliphatic hydroxyl groups is 1. The van der Waals surface area contributed by atoms with Gasteiger partial charge in [-0.15, -0.1) is 11.3 Å². The van der Waals surface area contributed by atoms with Gasteiger partial charge in [0.15, 0.2) is 0 Å². The predicted molar refractivity (Wildman–Crippen MR) is 73.3 cm³/mol. The Morgan fingerprint density at radius 1 is 1.68 bits per heavy atom. The Kier molecular flexibility index (Phi) is 4.54. The second-order valence-electron chi connectivity index (χ2n) is 5.00. The Bertz CT molecular complexity index is 459. The summed E-state index contributed by atoms with van der Waals surface area (Å²) in [7, 11) is 1.62. The van der Waals surface area contributed by atoms with Crippen molar-refractivity contribution >= 4 is 17.2 Å². The van der Waals surface area contributed by atoms with Crippen molar-refractivity contribution in [1.29, 1.82) is 0 Å². The van der Waals surface area contributed by atoms with Gasteiger partial charge in [-0.05, 0) is 20.3 Å². The van der Waals surface area contributed by atoms with E-state index in [-0.39, 0.29) is 17.9 Å². The van der Waals surface area contributed by atoms with Gasteiger partial charge in [-0.2, -0.15) is 0 Å². The standard InChI is InChI=1S/C13H20N2O3S/c1-8-12(19-11(14-8)7-18-3)13(17)15-5-4-10(6-15)9(2)16/h9-10,16H,4-7H2,1-3H3. The van der Waals surface area contributed by atoms with Gasteiger partial charge in [0.1, 0.15) is 9.88 Å². The SMILES string of the molecule is COCc1nc(C)c(C(=O)N2CCC(C(C)O)C2)s1. The summed E-state index contributed by atoms with van der Waals surface area (Å²) in [6, 6.07) is 0. The Labute approximate surface area is 117 Å². The smallest absolute Gasteiger partial charge is 0.265 e. The Morgan fingerprint density at radius 3 is 3.00 bits per heavy atom. The molecule has 1 aromatic heterocycles. The normalized spacial score (nSPS) is 20.8. The van der Waals surface area contributed by atoms with Gasteiger partial charge in [0, 0.05) is 26.1 Å². The van der Waals surface area contributed by atoms with E-state index in [9.17, 15) is 9.90 Å². The van der Waals surface area contributed by atoms with Gasteiger partial charge in [0.25, 0.3) is 5.91 Å². The first-order valence-electron chi connectivity index (χ1n) is 6.45. The van der Waals surface area contributed by atoms with Gasteiger partial charge in [0.2, 0.25) is 0 Å². The zero-order valence-corrected chi connectivity index (χ0v) is 12.4. The molecule has 2 atom stereocenters. The molecule has 2 heterocycles. The Balaban J connectivity index is 2.08. The van der Waals surface area contributed by atoms with E-state index in [4.69, 9.17) is 4.74 Å². The van der Waals surface area contributed by atoms with Crippen molar-refractivity contribution in [2.45, 2.75) is 33.0 Å². The molecule has 1 saturated heterocycles. The lowest BCUT2D eigenvalue weighted by atomic mass is 10.0. The summed E-state index contributed by atoms with van der Waals surface area (Å²) in [5, 5.41) is 10.4. The molecule has 0 bridgehead atoms. The minimum absolute atomic E-state index is 0.0282. The number of amides is 1. The van der Waals surface area contributed by atoms with E-state index >= 15 is 0 Å². The second kappa shape index (κ2) is 5.98. The van der Waals surface area contributed by atoms with Gasteiger partial charge < -0.3 is 14.7 Å². The van der Waals surface area contributed by atoms with Crippen LogP contribution in [0.1, 0.15) is 33.7 Å². The highest BCUT2D eigenvalue weighted by Gasteiger charge is 2.31. The largest absolute Gasteiger partial charge is 0.393 e. The molecule has 1 aliphatic heterocycles. The molecule has 0 saturated carbocycles. The predicted octanol–water partition coefficient (Wildman–Crippen LogP) is 1.44. The first-order chi connectivity index (χ1) is 9.02. The molecule has 5 nitrogen and oxygen atoms in total. The maximum absolute atomic E-state index is 12.4. The number of hydrogen-bond acceptors (Lipinski definition) is 5. The first-order valence-corrected chi connectivity index (χ1v) is 7.27. The number of aromatic nitrogens is 1. The molecule has 1 N–H and O–H groups in total. The van der Waals surface area contributed by atoms with Crippen LogP contribution in [0.25, 0.3) is 0 Å². The summed E-state index contributed by atoms with van der Waals surface area (Å²) in [5.74, 6) is 0.219. The van der Waals surface area contributed by atoms with Crippen molar-refractivity contribution in [1.82, 2.24) is 9.88 Å². The maximum atomic E-state index is 12.4. The molecule has 0 spiro atoms. The molecular formula is C13H20N2O3S. The fraction of sp³-hybridized carbons (Fsp3) is 0.692. The van der Waals surface area contributed by atoms with Crippen LogP contribution in [0.3, 0.4) is 0 Å². The highest BCUT2D eigenvalue weighted by molar-refractivity contribution is 7.13. The van der Waals surface area contributed by atoms with Crippen molar-refractivity contribution in [2.75, 3.05) is 20.2 Å². The van der Waals surface area contributed by atoms with Crippen LogP contribution in [0, 0.1) is 12.8 Å². The molecule has 1 aliphatic rings. The van der Waals surface area contributed by atoms with Crippen molar-refractivity contribution < 1.29 is 14.6 Å². The van der Waals surface area contributed by atoms with Gasteiger partial charge in [-0.3, -0.25) is 4.79 Å². The Morgan fingerprint density at radius 2 is 2.42 bits per heavy atom. The van der Waals surface area contributed by atoms with Crippen molar-refractivity contribution in [3.05, 3.63) is 15.6 Å². The van der Waals surface area contributed by atoms with E-state index in [2.05, 4.69) is 4.98 Å². The van der Waals surface area contributed by atoms with E-state index in [1.807, 2.05) is 11.8 Å². The molecule has 106 valence electrons. The molecule has 19 heavy (non-hydrogen) atoms. The molecule has 2 rings (SSSR count). The molecular weight excluding hydrogens is 264 g/mol. The highest BCUT2D eigenvalue weighted by atomic mass is 32.1. The highest BCUT2D eigenvalue weighted by Crippen LogP contribution is 2.25. The van der Waals surface area contributed by atoms with E-state index < -0.39 is 0 Å². The minimum atomic E-state index is -0.357. The topological polar surface area (TPSA) is 62.7 Å². The van der Waals surface area contributed by atoms with Gasteiger partial charge in [-0.25, -0.2) is 4.98 Å². The zero-order valence-electron chi connectivity index (χ0n) is 11.5. The summed E-state index contributed by atoms with van der Waals surface area (Å²) in [5.41, 5.74) is 0.766. The number of aryl methyl sites for hydroxylation is 1. The van der Waals surface area contributed by atoms with Crippen molar-refractivity contribution in [3.63, 3.8) is 0 Å². The van der Waals surface area contributed by atoms with E-state index in [1.165, 1.54) is 11.3 Å². The molecule has 1 aromatic rings. The fourth-order valence-electron chi connectivity index (χ4n) is 2.35. The van der Waals surface area contributed by atoms with Crippen molar-refractivity contribution in [2.24, 2.45) is 5.92 Å². The number of nitrogens with zero attached hydrogens (tertiary/aromatic N) is 2. The monoisotopic (exact) mass is 284 g/mol. The van der Waals surface area contributed by atoms with E-state index in [1.54, 1.807) is 14.0 Å². The third-order valence-corrected chi connectivity index (χ3v) is 4.62. The number of aliphatic hydroxyl groups excluding tert-OH is 1. The molecule has 0 aliphatic carbocycles. The quantitative estimate of drug-likeness (QED) is 0.909. The number of rotatable bonds is 4. The molecule has 1 fully saturated rings. The lowest BCUT2D eigenvalue weighted by Gasteiger charge is -2.17. The minimum Gasteiger partial charge on any atom is -0.393 e. The van der Waals surface area contributed by atoms with Crippen LogP contribution in [-0.2, 0) is 11.3 Å². The van der Waals surface area contributed by atoms with Gasteiger partial charge >= 0.3 is 0 Å². The van der Waals surface area contributed by atoms with Crippen LogP contribution < -0.4 is 0 Å². The fourth-order valence-corrected chi connectivity index (χ4v) is 3.35. The van der Waals surface area contributed by atoms with Gasteiger partial charge in [0.05, 0.1) is 18.4 Å². The number of likely N-dealkylation sites (tertiary alicyclic amines) is 1. The van der Waals surface area contributed by atoms with Crippen LogP contribution in [0.4, 0.5) is 0 Å². The molecule has 1 amide bonds. The summed E-state index contributed by atoms with van der Waals surface area (Å²) < 4.78 is 5.04. The first kappa shape index (κ1) is 14.4.